The summed E-state index contributed by atoms with van der Waals surface area (Å²) in [4.78, 5) is 32.8. The number of amides is 2. The normalized spacial score (nSPS) is 19.9. The topological polar surface area (TPSA) is 88.3 Å². The lowest BCUT2D eigenvalue weighted by molar-refractivity contribution is -0.127. The van der Waals surface area contributed by atoms with E-state index in [0.717, 1.165) is 41.8 Å². The van der Waals surface area contributed by atoms with Gasteiger partial charge in [-0.05, 0) is 36.4 Å². The average Bonchev–Trinajstić information content (AvgIpc) is 3.56. The van der Waals surface area contributed by atoms with E-state index in [1.54, 1.807) is 4.90 Å². The number of thiophene rings is 1. The van der Waals surface area contributed by atoms with Crippen LogP contribution in [0.3, 0.4) is 0 Å². The van der Waals surface area contributed by atoms with Gasteiger partial charge in [-0.3, -0.25) is 9.59 Å². The number of hydrogen-bond acceptors (Lipinski definition) is 6. The first-order valence-corrected chi connectivity index (χ1v) is 12.6. The largest absolute Gasteiger partial charge is 0.353 e. The highest BCUT2D eigenvalue weighted by Crippen LogP contribution is 2.30. The zero-order valence-electron chi connectivity index (χ0n) is 18.5. The van der Waals surface area contributed by atoms with Gasteiger partial charge in [0.05, 0.1) is 10.8 Å². The van der Waals surface area contributed by atoms with Crippen LogP contribution in [0.15, 0.2) is 46.3 Å². The van der Waals surface area contributed by atoms with Crippen molar-refractivity contribution in [2.24, 2.45) is 5.92 Å². The van der Waals surface area contributed by atoms with Gasteiger partial charge >= 0.3 is 0 Å². The molecule has 1 saturated carbocycles. The highest BCUT2D eigenvalue weighted by molar-refractivity contribution is 7.13. The predicted octanol–water partition coefficient (Wildman–Crippen LogP) is 5.05. The molecule has 1 aliphatic carbocycles. The molecule has 0 unspecified atom stereocenters. The second-order valence-corrected chi connectivity index (χ2v) is 9.85. The van der Waals surface area contributed by atoms with Crippen molar-refractivity contribution in [1.82, 2.24) is 15.5 Å². The van der Waals surface area contributed by atoms with Crippen LogP contribution in [0.5, 0.6) is 0 Å². The minimum atomic E-state index is -0.317. The van der Waals surface area contributed by atoms with E-state index < -0.39 is 0 Å². The second-order valence-electron chi connectivity index (χ2n) is 8.91. The maximum atomic E-state index is 12.9. The van der Waals surface area contributed by atoms with E-state index in [1.165, 1.54) is 30.6 Å². The summed E-state index contributed by atoms with van der Waals surface area (Å²) in [6.45, 7) is 0.396. The zero-order chi connectivity index (χ0) is 22.6. The van der Waals surface area contributed by atoms with Crippen LogP contribution in [0.25, 0.3) is 22.2 Å². The van der Waals surface area contributed by atoms with Crippen LogP contribution in [0, 0.1) is 5.92 Å². The van der Waals surface area contributed by atoms with Crippen molar-refractivity contribution in [3.05, 3.63) is 41.8 Å². The molecule has 1 atom stereocenters. The van der Waals surface area contributed by atoms with Crippen LogP contribution >= 0.6 is 11.3 Å². The van der Waals surface area contributed by atoms with E-state index in [1.807, 2.05) is 41.8 Å². The van der Waals surface area contributed by atoms with Gasteiger partial charge < -0.3 is 14.7 Å². The van der Waals surface area contributed by atoms with Crippen molar-refractivity contribution in [2.75, 3.05) is 11.4 Å². The molecule has 3 heterocycles. The van der Waals surface area contributed by atoms with Crippen LogP contribution < -0.4 is 10.2 Å². The molecule has 2 aliphatic rings. The minimum absolute atomic E-state index is 0.00587. The number of rotatable bonds is 5. The predicted molar refractivity (Wildman–Crippen MR) is 128 cm³/mol. The van der Waals surface area contributed by atoms with Gasteiger partial charge in [0.15, 0.2) is 0 Å². The van der Waals surface area contributed by atoms with Gasteiger partial charge in [0.1, 0.15) is 0 Å². The molecule has 0 radical (unpaired) electrons. The molecule has 8 heteroatoms. The first-order valence-electron chi connectivity index (χ1n) is 11.8. The summed E-state index contributed by atoms with van der Waals surface area (Å²) >= 11 is 1.54. The first kappa shape index (κ1) is 21.8. The van der Waals surface area contributed by atoms with Gasteiger partial charge in [-0.25, -0.2) is 0 Å². The number of nitrogens with one attached hydrogen (secondary N) is 1. The third-order valence-corrected chi connectivity index (χ3v) is 7.38. The molecule has 1 aromatic carbocycles. The highest BCUT2D eigenvalue weighted by atomic mass is 32.1. The van der Waals surface area contributed by atoms with Gasteiger partial charge in [-0.1, -0.05) is 55.5 Å². The van der Waals surface area contributed by atoms with E-state index >= 15 is 0 Å². The minimum Gasteiger partial charge on any atom is -0.353 e. The third kappa shape index (κ3) is 5.00. The smallest absolute Gasteiger partial charge is 0.268 e. The molecule has 2 aromatic heterocycles. The Labute approximate surface area is 197 Å². The molecule has 1 saturated heterocycles. The fourth-order valence-electron chi connectivity index (χ4n) is 4.71. The van der Waals surface area contributed by atoms with Crippen molar-refractivity contribution in [1.29, 1.82) is 0 Å². The molecule has 172 valence electrons. The standard InChI is InChI=1S/C25H28N4O3S/c30-22-15-18(24(31)26-19-9-4-2-1-3-5-10-19)16-29(22)20-11-6-8-17(14-20)23-27-25(32-28-23)21-12-7-13-33-21/h6-8,11-14,18-19H,1-5,9-10,15-16H2,(H,26,31)/t18-/m0/s1. The van der Waals surface area contributed by atoms with Gasteiger partial charge in [0.25, 0.3) is 5.89 Å². The monoisotopic (exact) mass is 464 g/mol. The van der Waals surface area contributed by atoms with Crippen LogP contribution in [-0.2, 0) is 9.59 Å². The third-order valence-electron chi connectivity index (χ3n) is 6.52. The van der Waals surface area contributed by atoms with Crippen molar-refractivity contribution in [3.63, 3.8) is 0 Å². The summed E-state index contributed by atoms with van der Waals surface area (Å²) in [7, 11) is 0. The lowest BCUT2D eigenvalue weighted by Crippen LogP contribution is -2.40. The number of carbonyl (C=O) groups excluding carboxylic acids is 2. The Morgan fingerprint density at radius 3 is 2.70 bits per heavy atom. The molecule has 2 amide bonds. The molecular formula is C25H28N4O3S. The summed E-state index contributed by atoms with van der Waals surface area (Å²) < 4.78 is 5.40. The van der Waals surface area contributed by atoms with Gasteiger partial charge in [-0.15, -0.1) is 11.3 Å². The van der Waals surface area contributed by atoms with E-state index in [-0.39, 0.29) is 30.2 Å². The van der Waals surface area contributed by atoms with Crippen LogP contribution in [-0.4, -0.2) is 34.5 Å². The number of benzene rings is 1. The van der Waals surface area contributed by atoms with Crippen molar-refractivity contribution < 1.29 is 14.1 Å². The van der Waals surface area contributed by atoms with E-state index in [4.69, 9.17) is 4.52 Å². The summed E-state index contributed by atoms with van der Waals surface area (Å²) in [6.07, 6.45) is 8.43. The number of aromatic nitrogens is 2. The van der Waals surface area contributed by atoms with Gasteiger partial charge in [0.2, 0.25) is 17.6 Å². The summed E-state index contributed by atoms with van der Waals surface area (Å²) in [5, 5.41) is 9.29. The van der Waals surface area contributed by atoms with Crippen LogP contribution in [0.2, 0.25) is 0 Å². The molecule has 1 aliphatic heterocycles. The lowest BCUT2D eigenvalue weighted by atomic mass is 9.96. The van der Waals surface area contributed by atoms with E-state index in [9.17, 15) is 9.59 Å². The van der Waals surface area contributed by atoms with Crippen LogP contribution in [0.1, 0.15) is 51.4 Å². The Morgan fingerprint density at radius 2 is 1.91 bits per heavy atom. The maximum absolute atomic E-state index is 12.9. The van der Waals surface area contributed by atoms with Crippen molar-refractivity contribution >= 4 is 28.8 Å². The number of nitrogens with zero attached hydrogens (tertiary/aromatic N) is 3. The molecule has 2 fully saturated rings. The molecule has 0 spiro atoms. The number of carbonyl (C=O) groups is 2. The molecule has 1 N–H and O–H groups in total. The zero-order valence-corrected chi connectivity index (χ0v) is 19.4. The highest BCUT2D eigenvalue weighted by Gasteiger charge is 2.36. The fraction of sp³-hybridized carbons (Fsp3) is 0.440. The fourth-order valence-corrected chi connectivity index (χ4v) is 5.35. The molecular weight excluding hydrogens is 436 g/mol. The molecule has 0 bridgehead atoms. The maximum Gasteiger partial charge on any atom is 0.268 e. The Hall–Kier alpha value is -3.00. The molecule has 5 rings (SSSR count). The van der Waals surface area contributed by atoms with Gasteiger partial charge in [-0.2, -0.15) is 4.98 Å². The van der Waals surface area contributed by atoms with E-state index in [2.05, 4.69) is 15.5 Å². The summed E-state index contributed by atoms with van der Waals surface area (Å²) in [5.74, 6) is 0.616. The molecule has 7 nitrogen and oxygen atoms in total. The molecule has 33 heavy (non-hydrogen) atoms. The second kappa shape index (κ2) is 9.87. The average molecular weight is 465 g/mol. The number of hydrogen-bond donors (Lipinski definition) is 1. The van der Waals surface area contributed by atoms with Crippen LogP contribution in [0.4, 0.5) is 5.69 Å². The van der Waals surface area contributed by atoms with Crippen molar-refractivity contribution in [3.8, 4) is 22.2 Å². The SMILES string of the molecule is O=C(NC1CCCCCCC1)[C@H]1CC(=O)N(c2cccc(-c3noc(-c4cccs4)n3)c2)C1. The summed E-state index contributed by atoms with van der Waals surface area (Å²) in [5.41, 5.74) is 1.52. The summed E-state index contributed by atoms with van der Waals surface area (Å²) in [6, 6.07) is 11.6. The Morgan fingerprint density at radius 1 is 1.09 bits per heavy atom. The first-order chi connectivity index (χ1) is 16.2. The van der Waals surface area contributed by atoms with Gasteiger partial charge in [0, 0.05) is 30.3 Å². The Kier molecular flexibility index (Phi) is 6.53. The van der Waals surface area contributed by atoms with E-state index in [0.29, 0.717) is 18.3 Å². The Balaban J connectivity index is 1.26. The quantitative estimate of drug-likeness (QED) is 0.571. The molecule has 3 aromatic rings. The number of anilines is 1. The lowest BCUT2D eigenvalue weighted by Gasteiger charge is -2.23. The Bertz CT molecular complexity index is 1100. The van der Waals surface area contributed by atoms with Crippen molar-refractivity contribution in [2.45, 2.75) is 57.4 Å².